The van der Waals surface area contributed by atoms with Gasteiger partial charge >= 0.3 is 0 Å². The lowest BCUT2D eigenvalue weighted by atomic mass is 10.1. The van der Waals surface area contributed by atoms with Crippen molar-refractivity contribution >= 4 is 15.7 Å². The van der Waals surface area contributed by atoms with Gasteiger partial charge in [-0.15, -0.1) is 0 Å². The maximum absolute atomic E-state index is 12.6. The van der Waals surface area contributed by atoms with Crippen LogP contribution in [0.25, 0.3) is 0 Å². The number of hydrogen-bond acceptors (Lipinski definition) is 4. The first-order valence-electron chi connectivity index (χ1n) is 6.59. The van der Waals surface area contributed by atoms with E-state index in [9.17, 15) is 8.42 Å². The number of ether oxygens (including phenoxy) is 1. The van der Waals surface area contributed by atoms with Gasteiger partial charge in [0.1, 0.15) is 0 Å². The quantitative estimate of drug-likeness (QED) is 0.783. The van der Waals surface area contributed by atoms with E-state index in [1.165, 1.54) is 4.31 Å². The zero-order chi connectivity index (χ0) is 15.3. The van der Waals surface area contributed by atoms with Crippen molar-refractivity contribution in [1.29, 1.82) is 0 Å². The van der Waals surface area contributed by atoms with Crippen molar-refractivity contribution in [3.05, 3.63) is 23.3 Å². The molecule has 0 atom stereocenters. The number of rotatable bonds is 7. The summed E-state index contributed by atoms with van der Waals surface area (Å²) in [6, 6.07) is 3.70. The lowest BCUT2D eigenvalue weighted by molar-refractivity contribution is 0.189. The maximum atomic E-state index is 12.6. The Morgan fingerprint density at radius 3 is 2.25 bits per heavy atom. The average molecular weight is 300 g/mol. The Bertz CT molecular complexity index is 533. The van der Waals surface area contributed by atoms with Crippen molar-refractivity contribution in [3.63, 3.8) is 0 Å². The number of nitrogens with one attached hydrogen (secondary N) is 1. The van der Waals surface area contributed by atoms with E-state index in [4.69, 9.17) is 4.74 Å². The molecular formula is C14H24N2O3S. The molecule has 5 nitrogen and oxygen atoms in total. The number of methoxy groups -OCH3 is 1. The van der Waals surface area contributed by atoms with Gasteiger partial charge < -0.3 is 10.1 Å². The van der Waals surface area contributed by atoms with Crippen molar-refractivity contribution in [1.82, 2.24) is 4.31 Å². The highest BCUT2D eigenvalue weighted by Gasteiger charge is 2.24. The molecule has 0 bridgehead atoms. The van der Waals surface area contributed by atoms with Gasteiger partial charge in [-0.2, -0.15) is 0 Å². The Hall–Kier alpha value is -1.11. The molecule has 0 aromatic heterocycles. The van der Waals surface area contributed by atoms with Crippen molar-refractivity contribution < 1.29 is 13.2 Å². The summed E-state index contributed by atoms with van der Waals surface area (Å²) in [7, 11) is 1.58. The van der Waals surface area contributed by atoms with Crippen LogP contribution in [0.5, 0.6) is 0 Å². The standard InChI is InChI=1S/C14H24N2O3S/c1-11-9-13(15-3)10-12(2)14(11)20(17,18)16(4)7-6-8-19-5/h9-10,15H,6-8H2,1-5H3. The summed E-state index contributed by atoms with van der Waals surface area (Å²) >= 11 is 0. The van der Waals surface area contributed by atoms with Gasteiger partial charge in [-0.05, 0) is 43.5 Å². The first kappa shape index (κ1) is 16.9. The first-order chi connectivity index (χ1) is 9.34. The molecule has 6 heteroatoms. The van der Waals surface area contributed by atoms with Crippen LogP contribution in [0.2, 0.25) is 0 Å². The van der Waals surface area contributed by atoms with Crippen LogP contribution in [-0.2, 0) is 14.8 Å². The predicted molar refractivity (Wildman–Crippen MR) is 81.8 cm³/mol. The van der Waals surface area contributed by atoms with E-state index in [0.29, 0.717) is 24.5 Å². The molecule has 20 heavy (non-hydrogen) atoms. The summed E-state index contributed by atoms with van der Waals surface area (Å²) in [5.41, 5.74) is 2.43. The molecule has 0 spiro atoms. The smallest absolute Gasteiger partial charge is 0.243 e. The summed E-state index contributed by atoms with van der Waals surface area (Å²) in [5, 5.41) is 3.03. The van der Waals surface area contributed by atoms with Crippen LogP contribution in [0.1, 0.15) is 17.5 Å². The summed E-state index contributed by atoms with van der Waals surface area (Å²) in [5.74, 6) is 0. The van der Waals surface area contributed by atoms with Crippen LogP contribution in [0.3, 0.4) is 0 Å². The van der Waals surface area contributed by atoms with Crippen molar-refractivity contribution in [2.45, 2.75) is 25.2 Å². The highest BCUT2D eigenvalue weighted by molar-refractivity contribution is 7.89. The van der Waals surface area contributed by atoms with E-state index >= 15 is 0 Å². The van der Waals surface area contributed by atoms with Gasteiger partial charge in [0.25, 0.3) is 0 Å². The highest BCUT2D eigenvalue weighted by Crippen LogP contribution is 2.26. The minimum Gasteiger partial charge on any atom is -0.388 e. The molecular weight excluding hydrogens is 276 g/mol. The number of benzene rings is 1. The Balaban J connectivity index is 3.09. The van der Waals surface area contributed by atoms with Gasteiger partial charge in [-0.3, -0.25) is 0 Å². The van der Waals surface area contributed by atoms with E-state index in [1.807, 2.05) is 33.0 Å². The fraction of sp³-hybridized carbons (Fsp3) is 0.571. The zero-order valence-electron chi connectivity index (χ0n) is 12.9. The molecule has 0 heterocycles. The second-order valence-corrected chi connectivity index (χ2v) is 6.84. The molecule has 0 aliphatic heterocycles. The van der Waals surface area contributed by atoms with Gasteiger partial charge in [-0.1, -0.05) is 0 Å². The van der Waals surface area contributed by atoms with E-state index in [2.05, 4.69) is 5.32 Å². The SMILES string of the molecule is CNc1cc(C)c(S(=O)(=O)N(C)CCCOC)c(C)c1. The monoisotopic (exact) mass is 300 g/mol. The Morgan fingerprint density at radius 1 is 1.25 bits per heavy atom. The third-order valence-electron chi connectivity index (χ3n) is 3.24. The minimum absolute atomic E-state index is 0.399. The number of nitrogens with zero attached hydrogens (tertiary/aromatic N) is 1. The summed E-state index contributed by atoms with van der Waals surface area (Å²) in [6.45, 7) is 4.65. The third kappa shape index (κ3) is 3.71. The molecule has 0 radical (unpaired) electrons. The fourth-order valence-electron chi connectivity index (χ4n) is 2.21. The van der Waals surface area contributed by atoms with Crippen molar-refractivity contribution in [3.8, 4) is 0 Å². The predicted octanol–water partition coefficient (Wildman–Crippen LogP) is 2.00. The average Bonchev–Trinajstić information content (AvgIpc) is 2.37. The lowest BCUT2D eigenvalue weighted by Gasteiger charge is -2.20. The van der Waals surface area contributed by atoms with Crippen LogP contribution in [0.15, 0.2) is 17.0 Å². The van der Waals surface area contributed by atoms with Crippen LogP contribution in [-0.4, -0.2) is 47.1 Å². The van der Waals surface area contributed by atoms with Gasteiger partial charge in [0.15, 0.2) is 0 Å². The summed E-state index contributed by atoms with van der Waals surface area (Å²) in [6.07, 6.45) is 0.679. The van der Waals surface area contributed by atoms with Crippen LogP contribution < -0.4 is 5.32 Å². The minimum atomic E-state index is -3.46. The van der Waals surface area contributed by atoms with E-state index in [-0.39, 0.29) is 0 Å². The lowest BCUT2D eigenvalue weighted by Crippen LogP contribution is -2.29. The molecule has 114 valence electrons. The van der Waals surface area contributed by atoms with Crippen LogP contribution in [0, 0.1) is 13.8 Å². The van der Waals surface area contributed by atoms with Crippen molar-refractivity contribution in [2.24, 2.45) is 0 Å². The second-order valence-electron chi connectivity index (χ2n) is 4.86. The highest BCUT2D eigenvalue weighted by atomic mass is 32.2. The maximum Gasteiger partial charge on any atom is 0.243 e. The third-order valence-corrected chi connectivity index (χ3v) is 5.40. The Kier molecular flexibility index (Phi) is 5.98. The summed E-state index contributed by atoms with van der Waals surface area (Å²) < 4.78 is 31.6. The molecule has 0 saturated carbocycles. The van der Waals surface area contributed by atoms with Gasteiger partial charge in [0.2, 0.25) is 10.0 Å². The number of hydrogen-bond donors (Lipinski definition) is 1. The van der Waals surface area contributed by atoms with Crippen LogP contribution >= 0.6 is 0 Å². The molecule has 0 amide bonds. The van der Waals surface area contributed by atoms with Gasteiger partial charge in [0.05, 0.1) is 4.90 Å². The zero-order valence-corrected chi connectivity index (χ0v) is 13.7. The topological polar surface area (TPSA) is 58.6 Å². The van der Waals surface area contributed by atoms with Gasteiger partial charge in [-0.25, -0.2) is 12.7 Å². The van der Waals surface area contributed by atoms with E-state index in [1.54, 1.807) is 14.2 Å². The molecule has 1 aromatic rings. The molecule has 1 N–H and O–H groups in total. The molecule has 1 rings (SSSR count). The van der Waals surface area contributed by atoms with Gasteiger partial charge in [0, 0.05) is 40.0 Å². The van der Waals surface area contributed by atoms with Crippen LogP contribution in [0.4, 0.5) is 5.69 Å². The van der Waals surface area contributed by atoms with E-state index in [0.717, 1.165) is 16.8 Å². The molecule has 0 unspecified atom stereocenters. The molecule has 1 aromatic carbocycles. The van der Waals surface area contributed by atoms with E-state index < -0.39 is 10.0 Å². The number of anilines is 1. The summed E-state index contributed by atoms with van der Waals surface area (Å²) in [4.78, 5) is 0.399. The Labute approximate surface area is 122 Å². The number of sulfonamides is 1. The fourth-order valence-corrected chi connectivity index (χ4v) is 3.82. The molecule has 0 fully saturated rings. The number of aryl methyl sites for hydroxylation is 2. The Morgan fingerprint density at radius 2 is 1.80 bits per heavy atom. The normalized spacial score (nSPS) is 11.9. The largest absolute Gasteiger partial charge is 0.388 e. The first-order valence-corrected chi connectivity index (χ1v) is 8.03. The van der Waals surface area contributed by atoms with Crippen molar-refractivity contribution in [2.75, 3.05) is 39.7 Å². The second kappa shape index (κ2) is 7.06. The molecule has 0 aliphatic carbocycles. The molecule has 0 aliphatic rings. The molecule has 0 saturated heterocycles.